The molecular weight excluding hydrogens is 384 g/mol. The molecule has 2 rings (SSSR count). The molecule has 0 bridgehead atoms. The lowest BCUT2D eigenvalue weighted by Gasteiger charge is -2.17. The van der Waals surface area contributed by atoms with Gasteiger partial charge in [-0.3, -0.25) is 14.8 Å². The van der Waals surface area contributed by atoms with Gasteiger partial charge in [0.2, 0.25) is 11.8 Å². The number of hydrogen-bond donors (Lipinski definition) is 5. The zero-order chi connectivity index (χ0) is 21.8. The molecule has 160 valence electrons. The zero-order valence-electron chi connectivity index (χ0n) is 16.8. The number of amides is 4. The molecule has 0 spiro atoms. The SMILES string of the molecule is NC(=O)NCc1cccc(C(CCCCC(=O)Nc2ccccc2)CC(=O)NO)c1. The number of unbranched alkanes of at least 4 members (excludes halogenated alkanes) is 1. The molecule has 0 saturated heterocycles. The summed E-state index contributed by atoms with van der Waals surface area (Å²) in [7, 11) is 0. The first-order valence-electron chi connectivity index (χ1n) is 9.88. The van der Waals surface area contributed by atoms with Crippen molar-refractivity contribution in [3.05, 3.63) is 65.7 Å². The summed E-state index contributed by atoms with van der Waals surface area (Å²) in [6.45, 7) is 0.293. The fourth-order valence-electron chi connectivity index (χ4n) is 3.22. The summed E-state index contributed by atoms with van der Waals surface area (Å²) in [5.41, 5.74) is 9.35. The normalized spacial score (nSPS) is 11.4. The van der Waals surface area contributed by atoms with Crippen molar-refractivity contribution < 1.29 is 19.6 Å². The molecule has 0 heterocycles. The van der Waals surface area contributed by atoms with E-state index in [-0.39, 0.29) is 18.2 Å². The Bertz CT molecular complexity index is 842. The average molecular weight is 412 g/mol. The summed E-state index contributed by atoms with van der Waals surface area (Å²) in [4.78, 5) is 34.7. The van der Waals surface area contributed by atoms with E-state index in [1.54, 1.807) is 5.48 Å². The highest BCUT2D eigenvalue weighted by Gasteiger charge is 2.16. The molecule has 1 atom stereocenters. The van der Waals surface area contributed by atoms with E-state index in [0.29, 0.717) is 25.8 Å². The van der Waals surface area contributed by atoms with Crippen LogP contribution in [0, 0.1) is 0 Å². The number of carbonyl (C=O) groups is 3. The third-order valence-electron chi connectivity index (χ3n) is 4.71. The minimum atomic E-state index is -0.606. The van der Waals surface area contributed by atoms with Gasteiger partial charge in [-0.1, -0.05) is 48.9 Å². The summed E-state index contributed by atoms with van der Waals surface area (Å²) in [6, 6.07) is 16.2. The van der Waals surface area contributed by atoms with Crippen molar-refractivity contribution in [1.82, 2.24) is 10.8 Å². The van der Waals surface area contributed by atoms with Gasteiger partial charge in [-0.15, -0.1) is 0 Å². The Morgan fingerprint density at radius 3 is 2.43 bits per heavy atom. The minimum Gasteiger partial charge on any atom is -0.352 e. The Balaban J connectivity index is 1.90. The number of hydrogen-bond acceptors (Lipinski definition) is 4. The van der Waals surface area contributed by atoms with Crippen molar-refractivity contribution in [2.75, 3.05) is 5.32 Å². The Kier molecular flexibility index (Phi) is 9.33. The molecule has 1 unspecified atom stereocenters. The van der Waals surface area contributed by atoms with E-state index in [4.69, 9.17) is 10.9 Å². The van der Waals surface area contributed by atoms with E-state index in [1.807, 2.05) is 54.6 Å². The van der Waals surface area contributed by atoms with Crippen LogP contribution in [0.1, 0.15) is 49.1 Å². The molecular formula is C22H28N4O4. The fraction of sp³-hybridized carbons (Fsp3) is 0.318. The first-order chi connectivity index (χ1) is 14.5. The van der Waals surface area contributed by atoms with Crippen molar-refractivity contribution in [2.45, 2.75) is 44.6 Å². The van der Waals surface area contributed by atoms with Gasteiger partial charge in [0.25, 0.3) is 0 Å². The van der Waals surface area contributed by atoms with Gasteiger partial charge in [0, 0.05) is 25.1 Å². The minimum absolute atomic E-state index is 0.0506. The van der Waals surface area contributed by atoms with Crippen LogP contribution in [0.15, 0.2) is 54.6 Å². The van der Waals surface area contributed by atoms with Gasteiger partial charge in [-0.2, -0.15) is 0 Å². The maximum absolute atomic E-state index is 12.1. The van der Waals surface area contributed by atoms with Crippen LogP contribution in [0.4, 0.5) is 10.5 Å². The molecule has 0 saturated carbocycles. The fourth-order valence-corrected chi connectivity index (χ4v) is 3.22. The Labute approximate surface area is 175 Å². The van der Waals surface area contributed by atoms with Crippen molar-refractivity contribution in [2.24, 2.45) is 5.73 Å². The van der Waals surface area contributed by atoms with Crippen molar-refractivity contribution in [1.29, 1.82) is 0 Å². The van der Waals surface area contributed by atoms with Crippen molar-refractivity contribution >= 4 is 23.5 Å². The second kappa shape index (κ2) is 12.2. The molecule has 30 heavy (non-hydrogen) atoms. The van der Waals surface area contributed by atoms with Crippen molar-refractivity contribution in [3.8, 4) is 0 Å². The molecule has 4 amide bonds. The predicted octanol–water partition coefficient (Wildman–Crippen LogP) is 3.03. The number of urea groups is 1. The van der Waals surface area contributed by atoms with Crippen LogP contribution in [0.25, 0.3) is 0 Å². The second-order valence-corrected chi connectivity index (χ2v) is 7.06. The van der Waals surface area contributed by atoms with Gasteiger partial charge in [0.15, 0.2) is 0 Å². The Morgan fingerprint density at radius 1 is 0.967 bits per heavy atom. The highest BCUT2D eigenvalue weighted by molar-refractivity contribution is 5.90. The lowest BCUT2D eigenvalue weighted by atomic mass is 9.89. The maximum Gasteiger partial charge on any atom is 0.312 e. The van der Waals surface area contributed by atoms with E-state index in [9.17, 15) is 14.4 Å². The molecule has 6 N–H and O–H groups in total. The van der Waals surface area contributed by atoms with E-state index in [2.05, 4.69) is 10.6 Å². The average Bonchev–Trinajstić information content (AvgIpc) is 2.75. The second-order valence-electron chi connectivity index (χ2n) is 7.06. The molecule has 0 aliphatic carbocycles. The number of hydroxylamine groups is 1. The molecule has 0 fully saturated rings. The van der Waals surface area contributed by atoms with Gasteiger partial charge >= 0.3 is 6.03 Å². The van der Waals surface area contributed by atoms with Gasteiger partial charge in [-0.05, 0) is 42.0 Å². The summed E-state index contributed by atoms with van der Waals surface area (Å²) in [5.74, 6) is -0.643. The third kappa shape index (κ3) is 8.32. The van der Waals surface area contributed by atoms with Crippen LogP contribution in [0.2, 0.25) is 0 Å². The number of primary amides is 1. The van der Waals surface area contributed by atoms with E-state index in [1.165, 1.54) is 0 Å². The Morgan fingerprint density at radius 2 is 1.73 bits per heavy atom. The molecule has 2 aromatic rings. The molecule has 0 aliphatic rings. The molecule has 8 heteroatoms. The molecule has 0 radical (unpaired) electrons. The largest absolute Gasteiger partial charge is 0.352 e. The first kappa shape index (κ1) is 22.9. The maximum atomic E-state index is 12.1. The molecule has 0 aliphatic heterocycles. The van der Waals surface area contributed by atoms with Crippen LogP contribution in [0.5, 0.6) is 0 Å². The number of nitrogens with one attached hydrogen (secondary N) is 3. The van der Waals surface area contributed by atoms with E-state index in [0.717, 1.165) is 23.2 Å². The number of rotatable bonds is 11. The van der Waals surface area contributed by atoms with Crippen molar-refractivity contribution in [3.63, 3.8) is 0 Å². The summed E-state index contributed by atoms with van der Waals surface area (Å²) < 4.78 is 0. The number of benzene rings is 2. The van der Waals surface area contributed by atoms with Crippen LogP contribution >= 0.6 is 0 Å². The van der Waals surface area contributed by atoms with Crippen LogP contribution in [-0.2, 0) is 16.1 Å². The van der Waals surface area contributed by atoms with Crippen LogP contribution < -0.4 is 21.8 Å². The van der Waals surface area contributed by atoms with Gasteiger partial charge in [0.05, 0.1) is 0 Å². The highest BCUT2D eigenvalue weighted by Crippen LogP contribution is 2.27. The van der Waals surface area contributed by atoms with Crippen LogP contribution in [-0.4, -0.2) is 23.1 Å². The summed E-state index contributed by atoms with van der Waals surface area (Å²) in [5, 5.41) is 14.3. The standard InChI is InChI=1S/C22H28N4O4/c23-22(29)24-15-16-7-6-9-17(13-16)18(14-21(28)26-30)8-4-5-12-20(27)25-19-10-2-1-3-11-19/h1-3,6-7,9-11,13,18,30H,4-5,8,12,14-15H2,(H,25,27)(H,26,28)(H3,23,24,29). The topological polar surface area (TPSA) is 134 Å². The molecule has 0 aromatic heterocycles. The quantitative estimate of drug-likeness (QED) is 0.220. The van der Waals surface area contributed by atoms with E-state index >= 15 is 0 Å². The lowest BCUT2D eigenvalue weighted by molar-refractivity contribution is -0.129. The van der Waals surface area contributed by atoms with E-state index < -0.39 is 11.9 Å². The van der Waals surface area contributed by atoms with Gasteiger partial charge in [0.1, 0.15) is 0 Å². The van der Waals surface area contributed by atoms with Gasteiger partial charge in [-0.25, -0.2) is 10.3 Å². The zero-order valence-corrected chi connectivity index (χ0v) is 16.8. The number of nitrogens with two attached hydrogens (primary N) is 1. The Hall–Kier alpha value is -3.39. The number of carbonyl (C=O) groups excluding carboxylic acids is 3. The smallest absolute Gasteiger partial charge is 0.312 e. The first-order valence-corrected chi connectivity index (χ1v) is 9.88. The lowest BCUT2D eigenvalue weighted by Crippen LogP contribution is -2.28. The third-order valence-corrected chi connectivity index (χ3v) is 4.71. The predicted molar refractivity (Wildman–Crippen MR) is 114 cm³/mol. The molecule has 2 aromatic carbocycles. The van der Waals surface area contributed by atoms with Crippen LogP contribution in [0.3, 0.4) is 0 Å². The summed E-state index contributed by atoms with van der Waals surface area (Å²) in [6.07, 6.45) is 2.61. The molecule has 8 nitrogen and oxygen atoms in total. The monoisotopic (exact) mass is 412 g/mol. The number of para-hydroxylation sites is 1. The van der Waals surface area contributed by atoms with Gasteiger partial charge < -0.3 is 16.4 Å². The number of anilines is 1. The highest BCUT2D eigenvalue weighted by atomic mass is 16.5. The summed E-state index contributed by atoms with van der Waals surface area (Å²) >= 11 is 0.